The molecule has 2 aromatic carbocycles. The molecular weight excluding hydrogens is 488 g/mol. The van der Waals surface area contributed by atoms with Gasteiger partial charge in [0.25, 0.3) is 5.91 Å². The topological polar surface area (TPSA) is 59.1 Å². The fourth-order valence-electron chi connectivity index (χ4n) is 8.34. The number of hydrogen-bond acceptors (Lipinski definition) is 5. The molecule has 3 aliphatic carbocycles. The molecule has 0 unspecified atom stereocenters. The molecule has 39 heavy (non-hydrogen) atoms. The van der Waals surface area contributed by atoms with Gasteiger partial charge in [0.15, 0.2) is 0 Å². The average molecular weight is 525 g/mol. The van der Waals surface area contributed by atoms with Crippen molar-refractivity contribution >= 4 is 11.9 Å². The Morgan fingerprint density at radius 3 is 2.74 bits per heavy atom. The number of hydrogen-bond donors (Lipinski definition) is 0. The summed E-state index contributed by atoms with van der Waals surface area (Å²) < 4.78 is 13.4. The van der Waals surface area contributed by atoms with E-state index in [1.807, 2.05) is 38.2 Å². The van der Waals surface area contributed by atoms with Gasteiger partial charge in [-0.15, -0.1) is 0 Å². The first kappa shape index (κ1) is 24.7. The summed E-state index contributed by atoms with van der Waals surface area (Å²) in [5.74, 6) is 7.14. The molecule has 0 radical (unpaired) electrons. The van der Waals surface area contributed by atoms with E-state index >= 15 is 0 Å². The van der Waals surface area contributed by atoms with Crippen LogP contribution in [0.4, 0.5) is 0 Å². The van der Waals surface area contributed by atoms with Gasteiger partial charge >= 0.3 is 5.97 Å². The van der Waals surface area contributed by atoms with E-state index in [-0.39, 0.29) is 30.1 Å². The number of likely N-dealkylation sites (tertiary alicyclic amines) is 1. The van der Waals surface area contributed by atoms with E-state index in [0.29, 0.717) is 12.8 Å². The molecule has 7 rings (SSSR count). The lowest BCUT2D eigenvalue weighted by molar-refractivity contribution is -0.223. The minimum atomic E-state index is -0.663. The minimum Gasteiger partial charge on any atom is -0.487 e. The lowest BCUT2D eigenvalue weighted by Gasteiger charge is -2.65. The smallest absolute Gasteiger partial charge is 0.303 e. The zero-order valence-electron chi connectivity index (χ0n) is 23.0. The van der Waals surface area contributed by atoms with Crippen LogP contribution in [0.25, 0.3) is 0 Å². The molecule has 1 spiro atoms. The van der Waals surface area contributed by atoms with Crippen LogP contribution in [0.5, 0.6) is 5.75 Å². The number of benzene rings is 2. The molecule has 2 heterocycles. The summed E-state index contributed by atoms with van der Waals surface area (Å²) in [4.78, 5) is 30.6. The van der Waals surface area contributed by atoms with E-state index < -0.39 is 11.0 Å². The summed E-state index contributed by atoms with van der Waals surface area (Å²) in [5.41, 5.74) is 3.33. The molecule has 1 amide bonds. The van der Waals surface area contributed by atoms with Crippen molar-refractivity contribution in [1.29, 1.82) is 0 Å². The van der Waals surface area contributed by atoms with Crippen LogP contribution in [0, 0.1) is 24.7 Å². The number of rotatable bonds is 4. The Hall–Kier alpha value is -3.30. The van der Waals surface area contributed by atoms with Crippen LogP contribution >= 0.6 is 0 Å². The maximum Gasteiger partial charge on any atom is 0.303 e. The molecule has 0 aromatic heterocycles. The highest BCUT2D eigenvalue weighted by Crippen LogP contribution is 2.65. The summed E-state index contributed by atoms with van der Waals surface area (Å²) in [7, 11) is 1.85. The third-order valence-electron chi connectivity index (χ3n) is 10.1. The summed E-state index contributed by atoms with van der Waals surface area (Å²) >= 11 is 0. The Balaban J connectivity index is 1.29. The number of ether oxygens (including phenoxy) is 2. The minimum absolute atomic E-state index is 0.116. The highest BCUT2D eigenvalue weighted by Gasteiger charge is 2.75. The van der Waals surface area contributed by atoms with Crippen molar-refractivity contribution in [2.24, 2.45) is 5.92 Å². The average Bonchev–Trinajstić information content (AvgIpc) is 3.66. The fraction of sp³-hybridized carbons (Fsp3) is 0.515. The highest BCUT2D eigenvalue weighted by atomic mass is 16.6. The van der Waals surface area contributed by atoms with E-state index in [4.69, 9.17) is 9.47 Å². The van der Waals surface area contributed by atoms with Gasteiger partial charge in [-0.2, -0.15) is 0 Å². The van der Waals surface area contributed by atoms with Gasteiger partial charge in [0.05, 0.1) is 17.5 Å². The quantitative estimate of drug-likeness (QED) is 0.447. The standard InChI is InChI=1S/C33H36N2O4/c1-21-6-4-7-23(18-21)12-13-29(37)34(3)26-14-15-33(39-22(2)36)28-19-25-8-5-9-27-30(25)32(33,31(26)38-27)16-17-35(28)20-24-10-11-24/h4-9,18,24,26,28,31H,10-11,14-17,19-20H2,1-3H3/t26-,28-,31+,32+,33-/m1/s1. The van der Waals surface area contributed by atoms with Crippen LogP contribution in [0.1, 0.15) is 61.3 Å². The van der Waals surface area contributed by atoms with Gasteiger partial charge in [-0.1, -0.05) is 30.2 Å². The van der Waals surface area contributed by atoms with Crippen molar-refractivity contribution in [3.63, 3.8) is 0 Å². The van der Waals surface area contributed by atoms with Crippen molar-refractivity contribution in [2.45, 2.75) is 81.6 Å². The molecule has 5 aliphatic rings. The van der Waals surface area contributed by atoms with Gasteiger partial charge in [-0.05, 0) is 87.2 Å². The van der Waals surface area contributed by atoms with Crippen molar-refractivity contribution in [2.75, 3.05) is 20.1 Å². The Labute approximate surface area is 230 Å². The number of aryl methyl sites for hydroxylation is 1. The van der Waals surface area contributed by atoms with Gasteiger partial charge < -0.3 is 14.4 Å². The van der Waals surface area contributed by atoms with Crippen LogP contribution < -0.4 is 4.74 Å². The zero-order valence-corrected chi connectivity index (χ0v) is 23.0. The first-order valence-corrected chi connectivity index (χ1v) is 14.4. The van der Waals surface area contributed by atoms with Crippen LogP contribution in [0.2, 0.25) is 0 Å². The second-order valence-electron chi connectivity index (χ2n) is 12.3. The Morgan fingerprint density at radius 2 is 1.97 bits per heavy atom. The van der Waals surface area contributed by atoms with Crippen LogP contribution in [-0.4, -0.2) is 65.6 Å². The highest BCUT2D eigenvalue weighted by molar-refractivity contribution is 5.94. The summed E-state index contributed by atoms with van der Waals surface area (Å²) in [6.45, 7) is 5.59. The van der Waals surface area contributed by atoms with Crippen molar-refractivity contribution in [3.05, 3.63) is 64.7 Å². The zero-order chi connectivity index (χ0) is 26.9. The fourth-order valence-corrected chi connectivity index (χ4v) is 8.34. The molecule has 6 nitrogen and oxygen atoms in total. The maximum atomic E-state index is 13.4. The molecule has 2 aliphatic heterocycles. The van der Waals surface area contributed by atoms with E-state index in [9.17, 15) is 9.59 Å². The maximum absolute atomic E-state index is 13.4. The number of carbonyl (C=O) groups excluding carboxylic acids is 2. The molecule has 3 fully saturated rings. The first-order chi connectivity index (χ1) is 18.8. The molecule has 0 N–H and O–H groups in total. The first-order valence-electron chi connectivity index (χ1n) is 14.4. The van der Waals surface area contributed by atoms with Crippen molar-refractivity contribution in [3.8, 4) is 17.6 Å². The lowest BCUT2D eigenvalue weighted by Crippen LogP contribution is -2.79. The number of piperidine rings is 1. The molecule has 5 atom stereocenters. The third kappa shape index (κ3) is 3.66. The van der Waals surface area contributed by atoms with E-state index in [2.05, 4.69) is 34.9 Å². The molecule has 202 valence electrons. The van der Waals surface area contributed by atoms with Crippen LogP contribution in [0.15, 0.2) is 42.5 Å². The number of carbonyl (C=O) groups is 2. The second kappa shape index (κ2) is 8.86. The largest absolute Gasteiger partial charge is 0.487 e. The van der Waals surface area contributed by atoms with Crippen molar-refractivity contribution < 1.29 is 19.1 Å². The number of likely N-dealkylation sites (N-methyl/N-ethyl adjacent to an activating group) is 1. The predicted octanol–water partition coefficient (Wildman–Crippen LogP) is 4.01. The van der Waals surface area contributed by atoms with E-state index in [1.165, 1.54) is 24.0 Å². The number of nitrogens with zero attached hydrogens (tertiary/aromatic N) is 2. The second-order valence-corrected chi connectivity index (χ2v) is 12.3. The number of amides is 1. The molecule has 1 saturated heterocycles. The van der Waals surface area contributed by atoms with Gasteiger partial charge in [0, 0.05) is 37.6 Å². The SMILES string of the molecule is CC(=O)O[C@@]12CC[C@@H](N(C)C(=O)C#Cc3cccc(C)c3)[C@@H]3Oc4cccc5c4[C@@]31CCN(CC1CC1)[C@@H]2C5. The van der Waals surface area contributed by atoms with Gasteiger partial charge in [-0.3, -0.25) is 14.5 Å². The Bertz CT molecular complexity index is 1420. The molecule has 6 heteroatoms. The molecule has 2 aromatic rings. The summed E-state index contributed by atoms with van der Waals surface area (Å²) in [5, 5.41) is 0. The monoisotopic (exact) mass is 524 g/mol. The third-order valence-corrected chi connectivity index (χ3v) is 10.1. The van der Waals surface area contributed by atoms with Gasteiger partial charge in [0.2, 0.25) is 0 Å². The lowest BCUT2D eigenvalue weighted by atomic mass is 9.48. The summed E-state index contributed by atoms with van der Waals surface area (Å²) in [6, 6.07) is 14.2. The molecule has 2 saturated carbocycles. The molecular formula is C33H36N2O4. The van der Waals surface area contributed by atoms with Crippen LogP contribution in [0.3, 0.4) is 0 Å². The Kier molecular flexibility index (Phi) is 5.61. The van der Waals surface area contributed by atoms with Crippen molar-refractivity contribution in [1.82, 2.24) is 9.80 Å². The predicted molar refractivity (Wildman–Crippen MR) is 147 cm³/mol. The summed E-state index contributed by atoms with van der Waals surface area (Å²) in [6.07, 6.45) is 5.42. The normalized spacial score (nSPS) is 31.8. The van der Waals surface area contributed by atoms with E-state index in [0.717, 1.165) is 48.7 Å². The molecule has 2 bridgehead atoms. The van der Waals surface area contributed by atoms with Crippen LogP contribution in [-0.2, 0) is 26.2 Å². The Morgan fingerprint density at radius 1 is 1.15 bits per heavy atom. The van der Waals surface area contributed by atoms with Gasteiger partial charge in [-0.25, -0.2) is 0 Å². The van der Waals surface area contributed by atoms with Gasteiger partial charge in [0.1, 0.15) is 17.5 Å². The number of esters is 1. The van der Waals surface area contributed by atoms with E-state index in [1.54, 1.807) is 11.8 Å².